The molecule has 1 aliphatic rings. The van der Waals surface area contributed by atoms with E-state index in [1.165, 1.54) is 4.57 Å². The normalized spacial score (nSPS) is 17.4. The van der Waals surface area contributed by atoms with E-state index in [9.17, 15) is 9.59 Å². The summed E-state index contributed by atoms with van der Waals surface area (Å²) < 4.78 is 2.32. The maximum Gasteiger partial charge on any atom is 0.317 e. The number of aromatic amines is 1. The number of benzene rings is 1. The fourth-order valence-corrected chi connectivity index (χ4v) is 4.08. The summed E-state index contributed by atoms with van der Waals surface area (Å²) >= 11 is 4.98. The fraction of sp³-hybridized carbons (Fsp3) is 0.250. The average molecular weight is 338 g/mol. The molecule has 5 nitrogen and oxygen atoms in total. The van der Waals surface area contributed by atoms with Crippen molar-refractivity contribution in [3.8, 4) is 6.07 Å². The van der Waals surface area contributed by atoms with Crippen LogP contribution in [0.2, 0.25) is 0 Å². The van der Waals surface area contributed by atoms with E-state index in [0.717, 1.165) is 9.37 Å². The molecule has 96 valence electrons. The molecule has 0 saturated heterocycles. The first-order valence-corrected chi connectivity index (χ1v) is 7.37. The second-order valence-electron chi connectivity index (χ2n) is 4.26. The van der Waals surface area contributed by atoms with E-state index >= 15 is 0 Å². The fourth-order valence-electron chi connectivity index (χ4n) is 2.28. The van der Waals surface area contributed by atoms with Crippen molar-refractivity contribution in [2.45, 2.75) is 17.4 Å². The van der Waals surface area contributed by atoms with Gasteiger partial charge in [0.1, 0.15) is 0 Å². The number of nitrogens with zero attached hydrogens (tertiary/aromatic N) is 2. The number of aromatic nitrogens is 2. The van der Waals surface area contributed by atoms with Gasteiger partial charge in [-0.15, -0.1) is 11.8 Å². The second-order valence-corrected chi connectivity index (χ2v) is 6.23. The van der Waals surface area contributed by atoms with Gasteiger partial charge in [0.2, 0.25) is 0 Å². The quantitative estimate of drug-likeness (QED) is 0.807. The molecular weight excluding hydrogens is 330 g/mol. The smallest absolute Gasteiger partial charge is 0.316 e. The second kappa shape index (κ2) is 4.54. The van der Waals surface area contributed by atoms with Gasteiger partial charge in [-0.1, -0.05) is 15.9 Å². The third-order valence-corrected chi connectivity index (χ3v) is 4.70. The first kappa shape index (κ1) is 12.5. The maximum absolute atomic E-state index is 12.1. The highest BCUT2D eigenvalue weighted by molar-refractivity contribution is 9.10. The van der Waals surface area contributed by atoms with E-state index in [0.29, 0.717) is 16.8 Å². The van der Waals surface area contributed by atoms with Crippen LogP contribution in [0.4, 0.5) is 0 Å². The maximum atomic E-state index is 12.1. The van der Waals surface area contributed by atoms with Crippen molar-refractivity contribution in [2.24, 2.45) is 0 Å². The van der Waals surface area contributed by atoms with Gasteiger partial charge in [0.05, 0.1) is 29.6 Å². The predicted octanol–water partition coefficient (Wildman–Crippen LogP) is 2.01. The zero-order chi connectivity index (χ0) is 13.6. The Hall–Kier alpha value is -1.52. The molecule has 1 N–H and O–H groups in total. The number of rotatable bonds is 1. The Morgan fingerprint density at radius 3 is 3.05 bits per heavy atom. The zero-order valence-electron chi connectivity index (χ0n) is 9.64. The number of thioether (sulfide) groups is 1. The van der Waals surface area contributed by atoms with Crippen LogP contribution in [-0.2, 0) is 0 Å². The molecule has 2 aromatic rings. The van der Waals surface area contributed by atoms with Crippen molar-refractivity contribution >= 4 is 38.7 Å². The van der Waals surface area contributed by atoms with Crippen LogP contribution in [0.15, 0.2) is 31.1 Å². The van der Waals surface area contributed by atoms with Crippen molar-refractivity contribution in [1.82, 2.24) is 9.55 Å². The number of nitrogens with one attached hydrogen (secondary N) is 1. The summed E-state index contributed by atoms with van der Waals surface area (Å²) in [5, 5.41) is 8.86. The van der Waals surface area contributed by atoms with Crippen LogP contribution in [0.5, 0.6) is 0 Å². The standard InChI is InChI=1S/C12H8BrN3O2S/c13-6-3-8-10-9(4-6)19-5-7(1-2-14)16(10)12(18)11(17)15-8/h3-4,7H,1,5H2,(H,15,17). The summed E-state index contributed by atoms with van der Waals surface area (Å²) in [6.45, 7) is 0. The van der Waals surface area contributed by atoms with Gasteiger partial charge in [0.25, 0.3) is 0 Å². The van der Waals surface area contributed by atoms with E-state index in [1.807, 2.05) is 6.07 Å². The lowest BCUT2D eigenvalue weighted by molar-refractivity contribution is 0.555. The van der Waals surface area contributed by atoms with Gasteiger partial charge in [-0.25, -0.2) is 0 Å². The molecule has 7 heteroatoms. The molecule has 0 amide bonds. The Morgan fingerprint density at radius 1 is 1.53 bits per heavy atom. The van der Waals surface area contributed by atoms with Crippen LogP contribution in [-0.4, -0.2) is 15.3 Å². The molecule has 0 aliphatic carbocycles. The molecule has 2 heterocycles. The van der Waals surface area contributed by atoms with Gasteiger partial charge in [0, 0.05) is 15.1 Å². The summed E-state index contributed by atoms with van der Waals surface area (Å²) in [6.07, 6.45) is 0.223. The topological polar surface area (TPSA) is 78.7 Å². The zero-order valence-corrected chi connectivity index (χ0v) is 12.0. The third-order valence-electron chi connectivity index (χ3n) is 3.07. The Morgan fingerprint density at radius 2 is 2.32 bits per heavy atom. The molecule has 1 aliphatic heterocycles. The van der Waals surface area contributed by atoms with Gasteiger partial charge >= 0.3 is 11.1 Å². The highest BCUT2D eigenvalue weighted by Gasteiger charge is 2.24. The minimum absolute atomic E-state index is 0.223. The monoisotopic (exact) mass is 337 g/mol. The van der Waals surface area contributed by atoms with Gasteiger partial charge < -0.3 is 4.98 Å². The van der Waals surface area contributed by atoms with Gasteiger partial charge in [-0.05, 0) is 12.1 Å². The van der Waals surface area contributed by atoms with E-state index in [2.05, 4.69) is 27.0 Å². The minimum atomic E-state index is -0.647. The van der Waals surface area contributed by atoms with Crippen LogP contribution in [0.1, 0.15) is 12.5 Å². The van der Waals surface area contributed by atoms with Crippen molar-refractivity contribution in [3.63, 3.8) is 0 Å². The number of halogens is 1. The summed E-state index contributed by atoms with van der Waals surface area (Å²) in [6, 6.07) is 5.52. The molecule has 19 heavy (non-hydrogen) atoms. The summed E-state index contributed by atoms with van der Waals surface area (Å²) in [7, 11) is 0. The molecule has 1 atom stereocenters. The molecule has 3 rings (SSSR count). The van der Waals surface area contributed by atoms with Crippen molar-refractivity contribution < 1.29 is 0 Å². The van der Waals surface area contributed by atoms with E-state index in [-0.39, 0.29) is 12.5 Å². The summed E-state index contributed by atoms with van der Waals surface area (Å²) in [5.74, 6) is 0.621. The van der Waals surface area contributed by atoms with E-state index < -0.39 is 11.1 Å². The highest BCUT2D eigenvalue weighted by atomic mass is 79.9. The summed E-state index contributed by atoms with van der Waals surface area (Å²) in [4.78, 5) is 27.3. The molecular formula is C12H8BrN3O2S. The van der Waals surface area contributed by atoms with Crippen LogP contribution >= 0.6 is 27.7 Å². The number of nitriles is 1. The van der Waals surface area contributed by atoms with Crippen LogP contribution < -0.4 is 11.1 Å². The first-order chi connectivity index (χ1) is 9.11. The number of hydrogen-bond donors (Lipinski definition) is 1. The van der Waals surface area contributed by atoms with Gasteiger partial charge in [-0.2, -0.15) is 5.26 Å². The Bertz CT molecular complexity index is 834. The first-order valence-electron chi connectivity index (χ1n) is 5.59. The lowest BCUT2D eigenvalue weighted by Gasteiger charge is -2.25. The molecule has 0 fully saturated rings. The molecule has 1 aromatic carbocycles. The molecule has 0 radical (unpaired) electrons. The minimum Gasteiger partial charge on any atom is -0.316 e. The van der Waals surface area contributed by atoms with Crippen molar-refractivity contribution in [1.29, 1.82) is 5.26 Å². The molecule has 0 bridgehead atoms. The lowest BCUT2D eigenvalue weighted by Crippen LogP contribution is -2.40. The average Bonchev–Trinajstić information content (AvgIpc) is 2.37. The molecule has 0 saturated carbocycles. The SMILES string of the molecule is N#CCC1CSc2cc(Br)cc3[nH]c(=O)c(=O)n1c23. The predicted molar refractivity (Wildman–Crippen MR) is 76.5 cm³/mol. The lowest BCUT2D eigenvalue weighted by atomic mass is 10.2. The van der Waals surface area contributed by atoms with E-state index in [1.54, 1.807) is 17.8 Å². The summed E-state index contributed by atoms with van der Waals surface area (Å²) in [5.41, 5.74) is 0.0939. The molecule has 1 unspecified atom stereocenters. The van der Waals surface area contributed by atoms with Gasteiger partial charge in [0.15, 0.2) is 0 Å². The Balaban J connectivity index is 2.47. The Kier molecular flexibility index (Phi) is 2.99. The van der Waals surface area contributed by atoms with Crippen molar-refractivity contribution in [3.05, 3.63) is 37.3 Å². The van der Waals surface area contributed by atoms with E-state index in [4.69, 9.17) is 5.26 Å². The van der Waals surface area contributed by atoms with Crippen molar-refractivity contribution in [2.75, 3.05) is 5.75 Å². The largest absolute Gasteiger partial charge is 0.317 e. The number of H-pyrrole nitrogens is 1. The third kappa shape index (κ3) is 1.91. The van der Waals surface area contributed by atoms with Crippen LogP contribution in [0.25, 0.3) is 11.0 Å². The number of hydrogen-bond acceptors (Lipinski definition) is 4. The van der Waals surface area contributed by atoms with Crippen LogP contribution in [0, 0.1) is 11.3 Å². The molecule has 0 spiro atoms. The van der Waals surface area contributed by atoms with Crippen LogP contribution in [0.3, 0.4) is 0 Å². The van der Waals surface area contributed by atoms with Gasteiger partial charge in [-0.3, -0.25) is 14.2 Å². The Labute approximate surface area is 120 Å². The highest BCUT2D eigenvalue weighted by Crippen LogP contribution is 2.37. The molecule has 1 aromatic heterocycles.